The molecule has 7 heteroatoms. The van der Waals surface area contributed by atoms with Crippen molar-refractivity contribution < 1.29 is 14.3 Å². The maximum atomic E-state index is 12.1. The summed E-state index contributed by atoms with van der Waals surface area (Å²) in [5.74, 6) is 0.287. The fraction of sp³-hybridized carbons (Fsp3) is 0.643. The zero-order valence-electron chi connectivity index (χ0n) is 13.1. The van der Waals surface area contributed by atoms with Crippen molar-refractivity contribution >= 4 is 17.7 Å². The van der Waals surface area contributed by atoms with Crippen LogP contribution in [0.25, 0.3) is 0 Å². The van der Waals surface area contributed by atoms with Crippen LogP contribution in [0.2, 0.25) is 0 Å². The highest BCUT2D eigenvalue weighted by Crippen LogP contribution is 2.12. The first kappa shape index (κ1) is 17.2. The maximum absolute atomic E-state index is 12.1. The number of carbonyl (C=O) groups is 2. The Labute approximate surface area is 125 Å². The summed E-state index contributed by atoms with van der Waals surface area (Å²) in [5, 5.41) is 7.01. The van der Waals surface area contributed by atoms with E-state index in [-0.39, 0.29) is 30.9 Å². The quantitative estimate of drug-likeness (QED) is 0.731. The number of likely N-dealkylation sites (N-methyl/N-ethyl adjacent to an activating group) is 1. The number of hydrogen-bond acceptors (Lipinski definition) is 5. The minimum atomic E-state index is -0.272. The normalized spacial score (nSPS) is 11.0. The van der Waals surface area contributed by atoms with E-state index in [1.165, 1.54) is 7.11 Å². The third-order valence-corrected chi connectivity index (χ3v) is 3.10. The Hall–Kier alpha value is -1.89. The first-order chi connectivity index (χ1) is 9.97. The summed E-state index contributed by atoms with van der Waals surface area (Å²) < 4.78 is 6.35. The van der Waals surface area contributed by atoms with E-state index in [0.717, 1.165) is 0 Å². The summed E-state index contributed by atoms with van der Waals surface area (Å²) in [4.78, 5) is 25.1. The molecule has 0 radical (unpaired) electrons. The number of esters is 1. The average molecular weight is 296 g/mol. The highest BCUT2D eigenvalue weighted by atomic mass is 16.5. The summed E-state index contributed by atoms with van der Waals surface area (Å²) >= 11 is 0. The SMILES string of the molecule is CCN(CCC(=O)OC)CC(=O)Nc1ccnn1C(C)C. The number of ether oxygens (including phenoxy) is 1. The highest BCUT2D eigenvalue weighted by molar-refractivity contribution is 5.91. The van der Waals surface area contributed by atoms with Gasteiger partial charge >= 0.3 is 5.97 Å². The molecule has 0 aromatic carbocycles. The van der Waals surface area contributed by atoms with Gasteiger partial charge in [0, 0.05) is 18.7 Å². The Morgan fingerprint density at radius 3 is 2.76 bits per heavy atom. The van der Waals surface area contributed by atoms with Gasteiger partial charge in [-0.15, -0.1) is 0 Å². The van der Waals surface area contributed by atoms with E-state index in [9.17, 15) is 9.59 Å². The molecule has 0 aliphatic heterocycles. The van der Waals surface area contributed by atoms with Gasteiger partial charge in [-0.05, 0) is 20.4 Å². The van der Waals surface area contributed by atoms with Crippen LogP contribution in [0.5, 0.6) is 0 Å². The standard InChI is InChI=1S/C14H24N4O3/c1-5-17(9-7-14(20)21-4)10-13(19)16-12-6-8-15-18(12)11(2)3/h6,8,11H,5,7,9-10H2,1-4H3,(H,16,19). The molecule has 0 bridgehead atoms. The van der Waals surface area contributed by atoms with Crippen molar-refractivity contribution in [1.82, 2.24) is 14.7 Å². The fourth-order valence-electron chi connectivity index (χ4n) is 1.91. The van der Waals surface area contributed by atoms with Gasteiger partial charge in [0.25, 0.3) is 0 Å². The van der Waals surface area contributed by atoms with Gasteiger partial charge < -0.3 is 10.1 Å². The highest BCUT2D eigenvalue weighted by Gasteiger charge is 2.13. The summed E-state index contributed by atoms with van der Waals surface area (Å²) in [7, 11) is 1.36. The van der Waals surface area contributed by atoms with Gasteiger partial charge in [0.05, 0.1) is 26.3 Å². The molecule has 1 amide bonds. The molecule has 118 valence electrons. The lowest BCUT2D eigenvalue weighted by atomic mass is 10.3. The molecule has 1 aromatic rings. The molecule has 0 atom stereocenters. The van der Waals surface area contributed by atoms with E-state index < -0.39 is 0 Å². The monoisotopic (exact) mass is 296 g/mol. The molecule has 1 N–H and O–H groups in total. The Morgan fingerprint density at radius 2 is 2.19 bits per heavy atom. The van der Waals surface area contributed by atoms with Gasteiger partial charge in [-0.2, -0.15) is 5.10 Å². The Balaban J connectivity index is 2.51. The van der Waals surface area contributed by atoms with Crippen LogP contribution in [-0.4, -0.2) is 53.3 Å². The van der Waals surface area contributed by atoms with Crippen LogP contribution in [0.1, 0.15) is 33.2 Å². The van der Waals surface area contributed by atoms with Crippen LogP contribution in [0.4, 0.5) is 5.82 Å². The van der Waals surface area contributed by atoms with Crippen LogP contribution >= 0.6 is 0 Å². The predicted octanol–water partition coefficient (Wildman–Crippen LogP) is 1.29. The molecular weight excluding hydrogens is 272 g/mol. The molecule has 1 aromatic heterocycles. The molecule has 0 saturated carbocycles. The summed E-state index contributed by atoms with van der Waals surface area (Å²) in [6.45, 7) is 7.36. The van der Waals surface area contributed by atoms with Gasteiger partial charge in [-0.25, -0.2) is 4.68 Å². The molecular formula is C14H24N4O3. The molecule has 0 aliphatic carbocycles. The van der Waals surface area contributed by atoms with Crippen molar-refractivity contribution in [3.63, 3.8) is 0 Å². The fourth-order valence-corrected chi connectivity index (χ4v) is 1.91. The maximum Gasteiger partial charge on any atom is 0.306 e. The topological polar surface area (TPSA) is 76.5 Å². The predicted molar refractivity (Wildman–Crippen MR) is 80.0 cm³/mol. The lowest BCUT2D eigenvalue weighted by molar-refractivity contribution is -0.141. The number of methoxy groups -OCH3 is 1. The van der Waals surface area contributed by atoms with Gasteiger partial charge in [0.2, 0.25) is 5.91 Å². The molecule has 0 spiro atoms. The largest absolute Gasteiger partial charge is 0.469 e. The van der Waals surface area contributed by atoms with Crippen LogP contribution in [0, 0.1) is 0 Å². The number of anilines is 1. The van der Waals surface area contributed by atoms with E-state index in [1.54, 1.807) is 16.9 Å². The minimum Gasteiger partial charge on any atom is -0.469 e. The molecule has 1 heterocycles. The smallest absolute Gasteiger partial charge is 0.306 e. The second-order valence-electron chi connectivity index (χ2n) is 5.00. The number of hydrogen-bond donors (Lipinski definition) is 1. The first-order valence-electron chi connectivity index (χ1n) is 7.10. The molecule has 1 rings (SSSR count). The number of nitrogens with one attached hydrogen (secondary N) is 1. The third-order valence-electron chi connectivity index (χ3n) is 3.10. The molecule has 0 unspecified atom stereocenters. The Bertz CT molecular complexity index is 471. The lowest BCUT2D eigenvalue weighted by Crippen LogP contribution is -2.35. The van der Waals surface area contributed by atoms with Crippen LogP contribution < -0.4 is 5.32 Å². The summed E-state index contributed by atoms with van der Waals surface area (Å²) in [6.07, 6.45) is 1.94. The van der Waals surface area contributed by atoms with Crippen LogP contribution in [0.15, 0.2) is 12.3 Å². The van der Waals surface area contributed by atoms with Crippen molar-refractivity contribution in [1.29, 1.82) is 0 Å². The van der Waals surface area contributed by atoms with Crippen LogP contribution in [-0.2, 0) is 14.3 Å². The van der Waals surface area contributed by atoms with Gasteiger partial charge in [0.15, 0.2) is 0 Å². The zero-order chi connectivity index (χ0) is 15.8. The molecule has 21 heavy (non-hydrogen) atoms. The first-order valence-corrected chi connectivity index (χ1v) is 7.10. The van der Waals surface area contributed by atoms with Crippen LogP contribution in [0.3, 0.4) is 0 Å². The van der Waals surface area contributed by atoms with Crippen molar-refractivity contribution in [3.8, 4) is 0 Å². The van der Waals surface area contributed by atoms with Crippen molar-refractivity contribution in [2.24, 2.45) is 0 Å². The second kappa shape index (κ2) is 8.41. The molecule has 7 nitrogen and oxygen atoms in total. The molecule has 0 saturated heterocycles. The van der Waals surface area contributed by atoms with Crippen molar-refractivity contribution in [2.45, 2.75) is 33.2 Å². The number of rotatable bonds is 8. The van der Waals surface area contributed by atoms with E-state index in [0.29, 0.717) is 18.9 Å². The molecule has 0 fully saturated rings. The Morgan fingerprint density at radius 1 is 1.48 bits per heavy atom. The van der Waals surface area contributed by atoms with Gasteiger partial charge in [-0.1, -0.05) is 6.92 Å². The molecule has 0 aliphatic rings. The van der Waals surface area contributed by atoms with E-state index in [1.807, 2.05) is 25.7 Å². The van der Waals surface area contributed by atoms with E-state index in [4.69, 9.17) is 0 Å². The number of nitrogens with zero attached hydrogens (tertiary/aromatic N) is 3. The Kier molecular flexibility index (Phi) is 6.87. The number of aromatic nitrogens is 2. The summed E-state index contributed by atoms with van der Waals surface area (Å²) in [5.41, 5.74) is 0. The van der Waals surface area contributed by atoms with E-state index >= 15 is 0 Å². The van der Waals surface area contributed by atoms with Crippen molar-refractivity contribution in [2.75, 3.05) is 32.1 Å². The van der Waals surface area contributed by atoms with E-state index in [2.05, 4.69) is 15.2 Å². The average Bonchev–Trinajstić information content (AvgIpc) is 2.91. The zero-order valence-corrected chi connectivity index (χ0v) is 13.1. The van der Waals surface area contributed by atoms with Gasteiger partial charge in [0.1, 0.15) is 5.82 Å². The minimum absolute atomic E-state index is 0.121. The number of amides is 1. The second-order valence-corrected chi connectivity index (χ2v) is 5.00. The lowest BCUT2D eigenvalue weighted by Gasteiger charge is -2.19. The van der Waals surface area contributed by atoms with Gasteiger partial charge in [-0.3, -0.25) is 14.5 Å². The summed E-state index contributed by atoms with van der Waals surface area (Å²) in [6, 6.07) is 1.94. The third kappa shape index (κ3) is 5.55. The van der Waals surface area contributed by atoms with Crippen molar-refractivity contribution in [3.05, 3.63) is 12.3 Å². The number of carbonyl (C=O) groups excluding carboxylic acids is 2.